The highest BCUT2D eigenvalue weighted by molar-refractivity contribution is 5.82. The summed E-state index contributed by atoms with van der Waals surface area (Å²) in [5.41, 5.74) is 0. The highest BCUT2D eigenvalue weighted by Crippen LogP contribution is 2.03. The minimum atomic E-state index is -1.04. The summed E-state index contributed by atoms with van der Waals surface area (Å²) in [7, 11) is 0. The summed E-state index contributed by atoms with van der Waals surface area (Å²) in [5.74, 6) is -0.264. The van der Waals surface area contributed by atoms with Gasteiger partial charge in [0.05, 0.1) is 6.26 Å². The van der Waals surface area contributed by atoms with Gasteiger partial charge in [-0.25, -0.2) is 9.59 Å². The normalized spacial score (nSPS) is 13.7. The molecule has 1 aromatic heterocycles. The largest absolute Gasteiger partial charge is 0.480 e. The Kier molecular flexibility index (Phi) is 5.23. The predicted octanol–water partition coefficient (Wildman–Crippen LogP) is 1.37. The summed E-state index contributed by atoms with van der Waals surface area (Å²) in [6, 6.07) is 2.12. The fourth-order valence-electron chi connectivity index (χ4n) is 1.54. The molecule has 1 aromatic rings. The van der Waals surface area contributed by atoms with E-state index in [1.54, 1.807) is 19.3 Å². The number of amides is 2. The molecule has 0 aliphatic heterocycles. The van der Waals surface area contributed by atoms with E-state index in [0.29, 0.717) is 12.8 Å². The molecule has 6 nitrogen and oxygen atoms in total. The number of hydrogen-bond donors (Lipinski definition) is 3. The smallest absolute Gasteiger partial charge is 0.326 e. The quantitative estimate of drug-likeness (QED) is 0.715. The third-order valence-corrected chi connectivity index (χ3v) is 2.48. The van der Waals surface area contributed by atoms with Gasteiger partial charge in [-0.3, -0.25) is 0 Å². The van der Waals surface area contributed by atoms with Crippen LogP contribution in [-0.2, 0) is 11.2 Å². The Morgan fingerprint density at radius 3 is 2.67 bits per heavy atom. The average molecular weight is 254 g/mol. The van der Waals surface area contributed by atoms with Crippen molar-refractivity contribution in [2.45, 2.75) is 38.8 Å². The first-order chi connectivity index (χ1) is 8.52. The second kappa shape index (κ2) is 6.68. The molecule has 2 amide bonds. The molecular weight excluding hydrogens is 236 g/mol. The first kappa shape index (κ1) is 14.1. The molecule has 0 fully saturated rings. The monoisotopic (exact) mass is 254 g/mol. The number of carboxylic acid groups (broad SMARTS) is 1. The van der Waals surface area contributed by atoms with Gasteiger partial charge < -0.3 is 20.2 Å². The van der Waals surface area contributed by atoms with Gasteiger partial charge in [0.15, 0.2) is 0 Å². The second-order valence-corrected chi connectivity index (χ2v) is 4.10. The van der Waals surface area contributed by atoms with Crippen molar-refractivity contribution < 1.29 is 19.1 Å². The van der Waals surface area contributed by atoms with Crippen molar-refractivity contribution in [2.75, 3.05) is 0 Å². The first-order valence-electron chi connectivity index (χ1n) is 5.85. The minimum absolute atomic E-state index is 0.137. The average Bonchev–Trinajstić information content (AvgIpc) is 2.77. The van der Waals surface area contributed by atoms with Crippen molar-refractivity contribution in [3.63, 3.8) is 0 Å². The van der Waals surface area contributed by atoms with Gasteiger partial charge in [0.25, 0.3) is 0 Å². The zero-order chi connectivity index (χ0) is 13.5. The maximum Gasteiger partial charge on any atom is 0.326 e. The zero-order valence-electron chi connectivity index (χ0n) is 10.5. The number of furan rings is 1. The van der Waals surface area contributed by atoms with Crippen LogP contribution in [0.25, 0.3) is 0 Å². The Bertz CT molecular complexity index is 389. The molecule has 0 spiro atoms. The van der Waals surface area contributed by atoms with Crippen LogP contribution in [0.4, 0.5) is 4.79 Å². The van der Waals surface area contributed by atoms with Gasteiger partial charge in [-0.1, -0.05) is 6.92 Å². The Hall–Kier alpha value is -1.98. The molecular formula is C12H18N2O4. The van der Waals surface area contributed by atoms with Gasteiger partial charge in [0.2, 0.25) is 0 Å². The second-order valence-electron chi connectivity index (χ2n) is 4.10. The number of urea groups is 1. The molecule has 3 N–H and O–H groups in total. The highest BCUT2D eigenvalue weighted by Gasteiger charge is 2.18. The summed E-state index contributed by atoms with van der Waals surface area (Å²) in [5, 5.41) is 13.9. The van der Waals surface area contributed by atoms with E-state index in [0.717, 1.165) is 5.76 Å². The number of carbonyl (C=O) groups excluding carboxylic acids is 1. The predicted molar refractivity (Wildman–Crippen MR) is 65.3 cm³/mol. The third-order valence-electron chi connectivity index (χ3n) is 2.48. The van der Waals surface area contributed by atoms with E-state index in [-0.39, 0.29) is 6.04 Å². The molecule has 0 aliphatic rings. The minimum Gasteiger partial charge on any atom is -0.480 e. The molecule has 18 heavy (non-hydrogen) atoms. The SMILES string of the molecule is CC[C@@H](NC(=O)NC(C)Cc1ccco1)C(=O)O. The van der Waals surface area contributed by atoms with Crippen molar-refractivity contribution in [3.05, 3.63) is 24.2 Å². The lowest BCUT2D eigenvalue weighted by atomic mass is 10.2. The zero-order valence-corrected chi connectivity index (χ0v) is 10.5. The Balaban J connectivity index is 2.37. The number of hydrogen-bond acceptors (Lipinski definition) is 3. The molecule has 6 heteroatoms. The van der Waals surface area contributed by atoms with Gasteiger partial charge in [-0.2, -0.15) is 0 Å². The number of carboxylic acids is 1. The number of aliphatic carboxylic acids is 1. The van der Waals surface area contributed by atoms with Crippen LogP contribution in [0.15, 0.2) is 22.8 Å². The summed E-state index contributed by atoms with van der Waals surface area (Å²) >= 11 is 0. The van der Waals surface area contributed by atoms with Crippen LogP contribution in [0, 0.1) is 0 Å². The maximum absolute atomic E-state index is 11.5. The van der Waals surface area contributed by atoms with Crippen LogP contribution in [0.5, 0.6) is 0 Å². The van der Waals surface area contributed by atoms with Crippen LogP contribution in [0.2, 0.25) is 0 Å². The van der Waals surface area contributed by atoms with Crippen molar-refractivity contribution in [1.29, 1.82) is 0 Å². The van der Waals surface area contributed by atoms with Crippen molar-refractivity contribution in [1.82, 2.24) is 10.6 Å². The lowest BCUT2D eigenvalue weighted by Gasteiger charge is -2.16. The van der Waals surface area contributed by atoms with E-state index in [4.69, 9.17) is 9.52 Å². The summed E-state index contributed by atoms with van der Waals surface area (Å²) in [6.07, 6.45) is 2.47. The van der Waals surface area contributed by atoms with E-state index in [2.05, 4.69) is 10.6 Å². The van der Waals surface area contributed by atoms with Gasteiger partial charge in [-0.15, -0.1) is 0 Å². The lowest BCUT2D eigenvalue weighted by molar-refractivity contribution is -0.139. The molecule has 1 unspecified atom stereocenters. The summed E-state index contributed by atoms with van der Waals surface area (Å²) < 4.78 is 5.16. The van der Waals surface area contributed by atoms with E-state index >= 15 is 0 Å². The molecule has 2 atom stereocenters. The van der Waals surface area contributed by atoms with Crippen LogP contribution in [0.3, 0.4) is 0 Å². The fraction of sp³-hybridized carbons (Fsp3) is 0.500. The topological polar surface area (TPSA) is 91.6 Å². The van der Waals surface area contributed by atoms with E-state index in [9.17, 15) is 9.59 Å². The first-order valence-corrected chi connectivity index (χ1v) is 5.85. The Morgan fingerprint density at radius 2 is 2.17 bits per heavy atom. The van der Waals surface area contributed by atoms with Crippen LogP contribution in [0.1, 0.15) is 26.0 Å². The van der Waals surface area contributed by atoms with Crippen molar-refractivity contribution >= 4 is 12.0 Å². The molecule has 0 aromatic carbocycles. The number of rotatable bonds is 6. The van der Waals surface area contributed by atoms with Crippen LogP contribution >= 0.6 is 0 Å². The van der Waals surface area contributed by atoms with E-state index in [1.807, 2.05) is 13.0 Å². The van der Waals surface area contributed by atoms with E-state index < -0.39 is 18.0 Å². The number of nitrogens with one attached hydrogen (secondary N) is 2. The van der Waals surface area contributed by atoms with Crippen molar-refractivity contribution in [3.8, 4) is 0 Å². The lowest BCUT2D eigenvalue weighted by Crippen LogP contribution is -2.48. The molecule has 1 rings (SSSR count). The summed E-state index contributed by atoms with van der Waals surface area (Å²) in [6.45, 7) is 3.52. The Labute approximate surface area is 105 Å². The Morgan fingerprint density at radius 1 is 1.44 bits per heavy atom. The van der Waals surface area contributed by atoms with Crippen LogP contribution < -0.4 is 10.6 Å². The third kappa shape index (κ3) is 4.48. The van der Waals surface area contributed by atoms with Crippen LogP contribution in [-0.4, -0.2) is 29.2 Å². The molecule has 100 valence electrons. The number of carbonyl (C=O) groups is 2. The summed E-state index contributed by atoms with van der Waals surface area (Å²) in [4.78, 5) is 22.3. The van der Waals surface area contributed by atoms with Gasteiger partial charge in [0, 0.05) is 12.5 Å². The molecule has 0 saturated heterocycles. The van der Waals surface area contributed by atoms with Gasteiger partial charge in [-0.05, 0) is 25.5 Å². The highest BCUT2D eigenvalue weighted by atomic mass is 16.4. The van der Waals surface area contributed by atoms with Gasteiger partial charge in [0.1, 0.15) is 11.8 Å². The van der Waals surface area contributed by atoms with E-state index in [1.165, 1.54) is 0 Å². The van der Waals surface area contributed by atoms with Crippen molar-refractivity contribution in [2.24, 2.45) is 0 Å². The molecule has 0 bridgehead atoms. The maximum atomic E-state index is 11.5. The standard InChI is InChI=1S/C12H18N2O4/c1-3-10(11(15)16)14-12(17)13-8(2)7-9-5-4-6-18-9/h4-6,8,10H,3,7H2,1-2H3,(H,15,16)(H2,13,14,17)/t8?,10-/m1/s1. The molecule has 1 heterocycles. The van der Waals surface area contributed by atoms with Gasteiger partial charge >= 0.3 is 12.0 Å². The molecule has 0 radical (unpaired) electrons. The molecule has 0 aliphatic carbocycles. The fourth-order valence-corrected chi connectivity index (χ4v) is 1.54. The molecule has 0 saturated carbocycles.